The van der Waals surface area contributed by atoms with Gasteiger partial charge in [-0.05, 0) is 31.2 Å². The molecule has 0 radical (unpaired) electrons. The van der Waals surface area contributed by atoms with E-state index in [2.05, 4.69) is 27.2 Å². The predicted octanol–water partition coefficient (Wildman–Crippen LogP) is 2.64. The summed E-state index contributed by atoms with van der Waals surface area (Å²) in [7, 11) is 0. The van der Waals surface area contributed by atoms with E-state index in [1.165, 1.54) is 0 Å². The second-order valence-corrected chi connectivity index (χ2v) is 9.50. The fourth-order valence-corrected chi connectivity index (χ4v) is 5.01. The van der Waals surface area contributed by atoms with Gasteiger partial charge in [-0.1, -0.05) is 42.1 Å². The first-order valence-corrected chi connectivity index (χ1v) is 12.4. The molecule has 0 saturated carbocycles. The number of para-hydroxylation sites is 1. The standard InChI is InChI=1S/C25H32N4O3S/c1-20(28-13-11-27(12-14-28)19-24(30)29-15-17-32-18-16-29)25(31)26-22-9-5-6-10-23(22)33-21-7-3-2-4-8-21/h2-10,20H,11-19H2,1H3,(H,26,31)/t20-/m0/s1. The molecule has 4 rings (SSSR count). The second-order valence-electron chi connectivity index (χ2n) is 8.38. The molecule has 33 heavy (non-hydrogen) atoms. The molecule has 2 saturated heterocycles. The summed E-state index contributed by atoms with van der Waals surface area (Å²) in [6.45, 7) is 8.12. The van der Waals surface area contributed by atoms with Crippen LogP contribution in [0.2, 0.25) is 0 Å². The zero-order chi connectivity index (χ0) is 23.0. The average molecular weight is 469 g/mol. The first-order valence-electron chi connectivity index (χ1n) is 11.5. The minimum atomic E-state index is -0.239. The maximum Gasteiger partial charge on any atom is 0.241 e. The van der Waals surface area contributed by atoms with Gasteiger partial charge in [-0.15, -0.1) is 0 Å². The number of piperazine rings is 1. The summed E-state index contributed by atoms with van der Waals surface area (Å²) in [5, 5.41) is 3.13. The van der Waals surface area contributed by atoms with Gasteiger partial charge in [-0.2, -0.15) is 0 Å². The molecule has 2 heterocycles. The van der Waals surface area contributed by atoms with Crippen molar-refractivity contribution in [2.45, 2.75) is 22.8 Å². The molecule has 1 atom stereocenters. The third kappa shape index (κ3) is 6.57. The third-order valence-electron chi connectivity index (χ3n) is 6.17. The molecule has 0 spiro atoms. The van der Waals surface area contributed by atoms with Gasteiger partial charge in [0.15, 0.2) is 0 Å². The number of amides is 2. The van der Waals surface area contributed by atoms with Crippen molar-refractivity contribution in [2.24, 2.45) is 0 Å². The molecule has 2 fully saturated rings. The zero-order valence-corrected chi connectivity index (χ0v) is 19.9. The molecule has 0 unspecified atom stereocenters. The van der Waals surface area contributed by atoms with Gasteiger partial charge in [0.05, 0.1) is 31.5 Å². The number of ether oxygens (including phenoxy) is 1. The topological polar surface area (TPSA) is 65.1 Å². The quantitative estimate of drug-likeness (QED) is 0.674. The molecule has 0 aliphatic carbocycles. The summed E-state index contributed by atoms with van der Waals surface area (Å²) in [5.41, 5.74) is 0.831. The van der Waals surface area contributed by atoms with Crippen molar-refractivity contribution in [3.8, 4) is 0 Å². The highest BCUT2D eigenvalue weighted by Gasteiger charge is 2.28. The molecule has 8 heteroatoms. The number of rotatable bonds is 7. The van der Waals surface area contributed by atoms with Gasteiger partial charge in [0, 0.05) is 49.1 Å². The van der Waals surface area contributed by atoms with Crippen molar-refractivity contribution in [1.82, 2.24) is 14.7 Å². The zero-order valence-electron chi connectivity index (χ0n) is 19.1. The number of anilines is 1. The maximum atomic E-state index is 13.0. The SMILES string of the molecule is C[C@@H](C(=O)Nc1ccccc1Sc1ccccc1)N1CCN(CC(=O)N2CCOCC2)CC1. The molecule has 2 aromatic carbocycles. The van der Waals surface area contributed by atoms with E-state index in [0.717, 1.165) is 41.7 Å². The monoisotopic (exact) mass is 468 g/mol. The van der Waals surface area contributed by atoms with Crippen LogP contribution in [-0.2, 0) is 14.3 Å². The summed E-state index contributed by atoms with van der Waals surface area (Å²) in [6.07, 6.45) is 0. The van der Waals surface area contributed by atoms with Crippen molar-refractivity contribution < 1.29 is 14.3 Å². The van der Waals surface area contributed by atoms with E-state index in [-0.39, 0.29) is 17.9 Å². The van der Waals surface area contributed by atoms with Crippen LogP contribution in [0.25, 0.3) is 0 Å². The lowest BCUT2D eigenvalue weighted by Gasteiger charge is -2.38. The van der Waals surface area contributed by atoms with Crippen LogP contribution in [0.5, 0.6) is 0 Å². The fraction of sp³-hybridized carbons (Fsp3) is 0.440. The summed E-state index contributed by atoms with van der Waals surface area (Å²) in [4.78, 5) is 34.0. The summed E-state index contributed by atoms with van der Waals surface area (Å²) in [6, 6.07) is 17.8. The number of carbonyl (C=O) groups excluding carboxylic acids is 2. The van der Waals surface area contributed by atoms with Crippen molar-refractivity contribution in [2.75, 3.05) is 64.3 Å². The Labute approximate surface area is 200 Å². The van der Waals surface area contributed by atoms with Gasteiger partial charge in [0.2, 0.25) is 11.8 Å². The first kappa shape index (κ1) is 23.8. The Balaban J connectivity index is 1.27. The lowest BCUT2D eigenvalue weighted by Crippen LogP contribution is -2.55. The highest BCUT2D eigenvalue weighted by molar-refractivity contribution is 7.99. The molecule has 0 aromatic heterocycles. The Hall–Kier alpha value is -2.39. The van der Waals surface area contributed by atoms with E-state index in [4.69, 9.17) is 4.74 Å². The van der Waals surface area contributed by atoms with Crippen molar-refractivity contribution in [3.63, 3.8) is 0 Å². The Morgan fingerprint density at radius 1 is 0.939 bits per heavy atom. The largest absolute Gasteiger partial charge is 0.378 e. The van der Waals surface area contributed by atoms with Gasteiger partial charge < -0.3 is 15.0 Å². The van der Waals surface area contributed by atoms with E-state index in [0.29, 0.717) is 32.8 Å². The highest BCUT2D eigenvalue weighted by Crippen LogP contribution is 2.33. The number of carbonyl (C=O) groups is 2. The summed E-state index contributed by atoms with van der Waals surface area (Å²) < 4.78 is 5.33. The molecule has 2 aromatic rings. The number of morpholine rings is 1. The summed E-state index contributed by atoms with van der Waals surface area (Å²) in [5.74, 6) is 0.166. The van der Waals surface area contributed by atoms with Gasteiger partial charge in [-0.25, -0.2) is 0 Å². The molecule has 2 amide bonds. The number of hydrogen-bond donors (Lipinski definition) is 1. The second kappa shape index (κ2) is 11.7. The van der Waals surface area contributed by atoms with E-state index in [1.54, 1.807) is 11.8 Å². The number of benzene rings is 2. The Morgan fingerprint density at radius 3 is 2.33 bits per heavy atom. The molecule has 176 valence electrons. The van der Waals surface area contributed by atoms with Gasteiger partial charge in [0.1, 0.15) is 0 Å². The van der Waals surface area contributed by atoms with Crippen LogP contribution in [0.3, 0.4) is 0 Å². The normalized spacial score (nSPS) is 18.6. The Kier molecular flexibility index (Phi) is 8.39. The van der Waals surface area contributed by atoms with Gasteiger partial charge in [0.25, 0.3) is 0 Å². The number of nitrogens with one attached hydrogen (secondary N) is 1. The van der Waals surface area contributed by atoms with Crippen molar-refractivity contribution >= 4 is 29.3 Å². The average Bonchev–Trinajstić information content (AvgIpc) is 2.86. The van der Waals surface area contributed by atoms with Crippen LogP contribution in [-0.4, -0.2) is 91.6 Å². The van der Waals surface area contributed by atoms with Gasteiger partial charge in [-0.3, -0.25) is 19.4 Å². The molecule has 7 nitrogen and oxygen atoms in total. The van der Waals surface area contributed by atoms with Crippen LogP contribution >= 0.6 is 11.8 Å². The first-order chi connectivity index (χ1) is 16.1. The van der Waals surface area contributed by atoms with E-state index < -0.39 is 0 Å². The van der Waals surface area contributed by atoms with Crippen LogP contribution in [0.1, 0.15) is 6.92 Å². The predicted molar refractivity (Wildman–Crippen MR) is 131 cm³/mol. The molecular weight excluding hydrogens is 436 g/mol. The minimum absolute atomic E-state index is 0.00560. The van der Waals surface area contributed by atoms with Crippen molar-refractivity contribution in [1.29, 1.82) is 0 Å². The number of hydrogen-bond acceptors (Lipinski definition) is 6. The highest BCUT2D eigenvalue weighted by atomic mass is 32.2. The fourth-order valence-electron chi connectivity index (χ4n) is 4.09. The van der Waals surface area contributed by atoms with Crippen LogP contribution in [0.15, 0.2) is 64.4 Å². The molecule has 0 bridgehead atoms. The molecule has 1 N–H and O–H groups in total. The van der Waals surface area contributed by atoms with Crippen molar-refractivity contribution in [3.05, 3.63) is 54.6 Å². The lowest BCUT2D eigenvalue weighted by atomic mass is 10.2. The van der Waals surface area contributed by atoms with E-state index in [1.807, 2.05) is 54.3 Å². The van der Waals surface area contributed by atoms with Gasteiger partial charge >= 0.3 is 0 Å². The van der Waals surface area contributed by atoms with E-state index >= 15 is 0 Å². The third-order valence-corrected chi connectivity index (χ3v) is 7.26. The summed E-state index contributed by atoms with van der Waals surface area (Å²) >= 11 is 1.64. The smallest absolute Gasteiger partial charge is 0.241 e. The lowest BCUT2D eigenvalue weighted by molar-refractivity contribution is -0.137. The van der Waals surface area contributed by atoms with Crippen LogP contribution < -0.4 is 5.32 Å². The molecular formula is C25H32N4O3S. The maximum absolute atomic E-state index is 13.0. The number of nitrogens with zero attached hydrogens (tertiary/aromatic N) is 3. The molecule has 2 aliphatic rings. The van der Waals surface area contributed by atoms with E-state index in [9.17, 15) is 9.59 Å². The van der Waals surface area contributed by atoms with Crippen LogP contribution in [0.4, 0.5) is 5.69 Å². The Bertz CT molecular complexity index is 928. The Morgan fingerprint density at radius 2 is 1.61 bits per heavy atom. The molecule has 2 aliphatic heterocycles. The van der Waals surface area contributed by atoms with Crippen LogP contribution in [0, 0.1) is 0 Å². The minimum Gasteiger partial charge on any atom is -0.378 e.